The van der Waals surface area contributed by atoms with Crippen LogP contribution in [0.2, 0.25) is 0 Å². The van der Waals surface area contributed by atoms with Crippen molar-refractivity contribution in [2.45, 2.75) is 46.0 Å². The van der Waals surface area contributed by atoms with Crippen LogP contribution in [0.15, 0.2) is 18.2 Å². The molecule has 18 heavy (non-hydrogen) atoms. The fourth-order valence-corrected chi connectivity index (χ4v) is 3.15. The Bertz CT molecular complexity index is 394. The lowest BCUT2D eigenvalue weighted by Gasteiger charge is -2.27. The molecule has 2 rings (SSSR count). The van der Waals surface area contributed by atoms with Gasteiger partial charge in [0.2, 0.25) is 0 Å². The Morgan fingerprint density at radius 2 is 2.00 bits per heavy atom. The molecule has 0 radical (unpaired) electrons. The van der Waals surface area contributed by atoms with E-state index in [1.54, 1.807) is 0 Å². The monoisotopic (exact) mass is 247 g/mol. The molecule has 1 aliphatic rings. The van der Waals surface area contributed by atoms with E-state index in [1.165, 1.54) is 36.8 Å². The van der Waals surface area contributed by atoms with Crippen LogP contribution in [0.5, 0.6) is 5.75 Å². The highest BCUT2D eigenvalue weighted by Crippen LogP contribution is 2.40. The summed E-state index contributed by atoms with van der Waals surface area (Å²) in [4.78, 5) is 0. The van der Waals surface area contributed by atoms with E-state index >= 15 is 0 Å². The van der Waals surface area contributed by atoms with Crippen molar-refractivity contribution in [2.75, 3.05) is 13.2 Å². The van der Waals surface area contributed by atoms with Gasteiger partial charge in [0.1, 0.15) is 5.75 Å². The van der Waals surface area contributed by atoms with Crippen molar-refractivity contribution >= 4 is 0 Å². The minimum absolute atomic E-state index is 0.361. The molecule has 0 bridgehead atoms. The van der Waals surface area contributed by atoms with E-state index in [0.29, 0.717) is 5.41 Å². The highest BCUT2D eigenvalue weighted by molar-refractivity contribution is 5.36. The lowest BCUT2D eigenvalue weighted by atomic mass is 9.80. The number of aryl methyl sites for hydroxylation is 1. The fourth-order valence-electron chi connectivity index (χ4n) is 3.15. The van der Waals surface area contributed by atoms with E-state index in [0.717, 1.165) is 25.3 Å². The minimum Gasteiger partial charge on any atom is -0.494 e. The Morgan fingerprint density at radius 1 is 1.28 bits per heavy atom. The van der Waals surface area contributed by atoms with Gasteiger partial charge in [0.25, 0.3) is 0 Å². The van der Waals surface area contributed by atoms with Gasteiger partial charge in [-0.3, -0.25) is 0 Å². The molecule has 0 saturated heterocycles. The fraction of sp³-hybridized carbons (Fsp3) is 0.625. The summed E-state index contributed by atoms with van der Waals surface area (Å²) in [6.45, 7) is 5.69. The zero-order valence-electron chi connectivity index (χ0n) is 11.7. The quantitative estimate of drug-likeness (QED) is 0.865. The van der Waals surface area contributed by atoms with Crippen molar-refractivity contribution in [1.82, 2.24) is 0 Å². The Morgan fingerprint density at radius 3 is 2.56 bits per heavy atom. The van der Waals surface area contributed by atoms with Crippen LogP contribution >= 0.6 is 0 Å². The van der Waals surface area contributed by atoms with Crippen molar-refractivity contribution in [3.8, 4) is 5.75 Å². The molecule has 1 saturated carbocycles. The van der Waals surface area contributed by atoms with E-state index in [1.807, 2.05) is 6.92 Å². The van der Waals surface area contributed by atoms with Gasteiger partial charge >= 0.3 is 0 Å². The van der Waals surface area contributed by atoms with Gasteiger partial charge in [0.15, 0.2) is 0 Å². The normalized spacial score (nSPS) is 17.9. The van der Waals surface area contributed by atoms with E-state index in [4.69, 9.17) is 10.5 Å². The van der Waals surface area contributed by atoms with Crippen LogP contribution < -0.4 is 10.5 Å². The molecule has 1 aliphatic carbocycles. The highest BCUT2D eigenvalue weighted by Gasteiger charge is 2.32. The molecule has 0 atom stereocenters. The summed E-state index contributed by atoms with van der Waals surface area (Å²) in [5.41, 5.74) is 9.01. The van der Waals surface area contributed by atoms with Crippen molar-refractivity contribution in [3.63, 3.8) is 0 Å². The van der Waals surface area contributed by atoms with Gasteiger partial charge < -0.3 is 10.5 Å². The minimum atomic E-state index is 0.361. The van der Waals surface area contributed by atoms with E-state index < -0.39 is 0 Å². The molecular weight excluding hydrogens is 222 g/mol. The van der Waals surface area contributed by atoms with Crippen LogP contribution in [-0.4, -0.2) is 13.2 Å². The summed E-state index contributed by atoms with van der Waals surface area (Å²) in [5.74, 6) is 1.01. The molecule has 0 unspecified atom stereocenters. The molecule has 1 fully saturated rings. The maximum absolute atomic E-state index is 6.01. The summed E-state index contributed by atoms with van der Waals surface area (Å²) in [6, 6.07) is 6.57. The Hall–Kier alpha value is -1.02. The summed E-state index contributed by atoms with van der Waals surface area (Å²) < 4.78 is 5.59. The summed E-state index contributed by atoms with van der Waals surface area (Å²) >= 11 is 0. The third-order valence-corrected chi connectivity index (χ3v) is 4.22. The van der Waals surface area contributed by atoms with Crippen LogP contribution in [0.4, 0.5) is 0 Å². The molecular formula is C16H25NO. The third-order valence-electron chi connectivity index (χ3n) is 4.22. The number of hydrogen-bond acceptors (Lipinski definition) is 2. The number of nitrogens with two attached hydrogens (primary N) is 1. The predicted molar refractivity (Wildman–Crippen MR) is 76.0 cm³/mol. The largest absolute Gasteiger partial charge is 0.494 e. The number of rotatable bonds is 5. The molecule has 2 heteroatoms. The van der Waals surface area contributed by atoms with Gasteiger partial charge in [0, 0.05) is 0 Å². The Labute approximate surface area is 111 Å². The van der Waals surface area contributed by atoms with Crippen LogP contribution in [0.1, 0.15) is 43.7 Å². The number of hydrogen-bond donors (Lipinski definition) is 1. The van der Waals surface area contributed by atoms with Gasteiger partial charge in [-0.25, -0.2) is 0 Å². The molecule has 1 aromatic carbocycles. The molecule has 0 aliphatic heterocycles. The van der Waals surface area contributed by atoms with Crippen LogP contribution in [0.25, 0.3) is 0 Å². The first-order valence-electron chi connectivity index (χ1n) is 7.11. The number of benzene rings is 1. The molecule has 0 aromatic heterocycles. The zero-order chi connectivity index (χ0) is 13.0. The van der Waals surface area contributed by atoms with E-state index in [9.17, 15) is 0 Å². The molecule has 0 spiro atoms. The van der Waals surface area contributed by atoms with Crippen LogP contribution in [0, 0.1) is 12.3 Å². The maximum Gasteiger partial charge on any atom is 0.122 e. The first-order valence-corrected chi connectivity index (χ1v) is 7.11. The van der Waals surface area contributed by atoms with E-state index in [2.05, 4.69) is 25.1 Å². The second-order valence-corrected chi connectivity index (χ2v) is 5.62. The average Bonchev–Trinajstić information content (AvgIpc) is 2.82. The molecule has 1 aromatic rings. The first kappa shape index (κ1) is 13.4. The van der Waals surface area contributed by atoms with Gasteiger partial charge in [0.05, 0.1) is 6.61 Å². The summed E-state index contributed by atoms with van der Waals surface area (Å²) in [5, 5.41) is 0. The van der Waals surface area contributed by atoms with Crippen molar-refractivity contribution in [2.24, 2.45) is 11.1 Å². The standard InChI is InChI=1S/C16H25NO/c1-3-18-15-7-6-14(10-13(15)2)11-16(12-17)8-4-5-9-16/h6-7,10H,3-5,8-9,11-12,17H2,1-2H3. The van der Waals surface area contributed by atoms with Crippen molar-refractivity contribution in [3.05, 3.63) is 29.3 Å². The lowest BCUT2D eigenvalue weighted by Crippen LogP contribution is -2.29. The van der Waals surface area contributed by atoms with Crippen LogP contribution in [-0.2, 0) is 6.42 Å². The zero-order valence-corrected chi connectivity index (χ0v) is 11.7. The van der Waals surface area contributed by atoms with Gasteiger partial charge in [-0.15, -0.1) is 0 Å². The lowest BCUT2D eigenvalue weighted by molar-refractivity contribution is 0.306. The topological polar surface area (TPSA) is 35.2 Å². The molecule has 0 heterocycles. The SMILES string of the molecule is CCOc1ccc(CC2(CN)CCCC2)cc1C. The molecule has 100 valence electrons. The number of ether oxygens (including phenoxy) is 1. The van der Waals surface area contributed by atoms with Crippen molar-refractivity contribution < 1.29 is 4.74 Å². The molecule has 0 amide bonds. The predicted octanol–water partition coefficient (Wildman–Crippen LogP) is 3.46. The first-order chi connectivity index (χ1) is 8.69. The molecule has 2 nitrogen and oxygen atoms in total. The maximum atomic E-state index is 6.01. The average molecular weight is 247 g/mol. The Balaban J connectivity index is 2.12. The van der Waals surface area contributed by atoms with Gasteiger partial charge in [-0.05, 0) is 62.3 Å². The van der Waals surface area contributed by atoms with E-state index in [-0.39, 0.29) is 0 Å². The van der Waals surface area contributed by atoms with Gasteiger partial charge in [-0.2, -0.15) is 0 Å². The second-order valence-electron chi connectivity index (χ2n) is 5.62. The summed E-state index contributed by atoms with van der Waals surface area (Å²) in [6.07, 6.45) is 6.38. The van der Waals surface area contributed by atoms with Gasteiger partial charge in [-0.1, -0.05) is 25.0 Å². The molecule has 2 N–H and O–H groups in total. The highest BCUT2D eigenvalue weighted by atomic mass is 16.5. The second kappa shape index (κ2) is 5.75. The summed E-state index contributed by atoms with van der Waals surface area (Å²) in [7, 11) is 0. The third kappa shape index (κ3) is 2.86. The smallest absolute Gasteiger partial charge is 0.122 e. The van der Waals surface area contributed by atoms with Crippen molar-refractivity contribution in [1.29, 1.82) is 0 Å². The van der Waals surface area contributed by atoms with Crippen LogP contribution in [0.3, 0.4) is 0 Å². The Kier molecular flexibility index (Phi) is 4.28.